The van der Waals surface area contributed by atoms with E-state index in [0.717, 1.165) is 9.04 Å². The van der Waals surface area contributed by atoms with Gasteiger partial charge in [-0.3, -0.25) is 0 Å². The summed E-state index contributed by atoms with van der Waals surface area (Å²) >= 11 is 0. The van der Waals surface area contributed by atoms with E-state index in [0.29, 0.717) is 0 Å². The molecule has 0 aliphatic heterocycles. The Hall–Kier alpha value is -0.346. The third-order valence-corrected chi connectivity index (χ3v) is 2.63. The molecule has 1 rings (SSSR count). The van der Waals surface area contributed by atoms with E-state index in [-0.39, 0.29) is 0 Å². The first-order valence-electron chi connectivity index (χ1n) is 3.37. The van der Waals surface area contributed by atoms with E-state index >= 15 is 0 Å². The molecule has 0 N–H and O–H groups in total. The van der Waals surface area contributed by atoms with Gasteiger partial charge < -0.3 is 0 Å². The van der Waals surface area contributed by atoms with Crippen molar-refractivity contribution in [3.8, 4) is 0 Å². The van der Waals surface area contributed by atoms with Crippen LogP contribution in [0.25, 0.3) is 0 Å². The zero-order valence-corrected chi connectivity index (χ0v) is 7.80. The average Bonchev–Trinajstić information content (AvgIpc) is 2.03. The fourth-order valence-electron chi connectivity index (χ4n) is 0.852. The molecule has 0 amide bonds. The lowest BCUT2D eigenvalue weighted by atomic mass is 10.2. The van der Waals surface area contributed by atoms with E-state index in [1.54, 1.807) is 0 Å². The minimum atomic E-state index is 0.889. The molecule has 0 spiro atoms. The molecule has 10 heavy (non-hydrogen) atoms. The first kappa shape index (κ1) is 7.76. The molecular weight excluding hydrogens is 152 g/mol. The largest absolute Gasteiger partial charge is 0.0622 e. The van der Waals surface area contributed by atoms with Crippen molar-refractivity contribution in [3.63, 3.8) is 0 Å². The number of hydrogen-bond acceptors (Lipinski definition) is 0. The monoisotopic (exact) mass is 161 g/mol. The Kier molecular flexibility index (Phi) is 3.46. The van der Waals surface area contributed by atoms with E-state index in [4.69, 9.17) is 0 Å². The third kappa shape index (κ3) is 2.50. The number of benzene rings is 1. The summed E-state index contributed by atoms with van der Waals surface area (Å²) in [5, 5.41) is 0. The van der Waals surface area contributed by atoms with Gasteiger partial charge in [0.2, 0.25) is 0 Å². The summed E-state index contributed by atoms with van der Waals surface area (Å²) in [5.41, 5.74) is 1.44. The van der Waals surface area contributed by atoms with E-state index in [2.05, 4.69) is 40.1 Å². The summed E-state index contributed by atoms with van der Waals surface area (Å²) in [6.07, 6.45) is 1.20. The highest BCUT2D eigenvalue weighted by Crippen LogP contribution is 2.00. The van der Waals surface area contributed by atoms with E-state index in [1.165, 1.54) is 18.0 Å². The van der Waals surface area contributed by atoms with Crippen molar-refractivity contribution in [1.82, 2.24) is 0 Å². The maximum Gasteiger partial charge on any atom is 0.0183 e. The lowest BCUT2D eigenvalue weighted by molar-refractivity contribution is 1.13. The number of rotatable bonds is 3. The van der Waals surface area contributed by atoms with Gasteiger partial charge in [-0.1, -0.05) is 36.4 Å². The first-order valence-corrected chi connectivity index (χ1v) is 6.07. The van der Waals surface area contributed by atoms with Crippen molar-refractivity contribution in [1.29, 1.82) is 0 Å². The average molecular weight is 161 g/mol. The second kappa shape index (κ2) is 4.47. The minimum Gasteiger partial charge on any atom is -0.0622 e. The molecule has 49 valence electrons. The van der Waals surface area contributed by atoms with Crippen LogP contribution in [0.3, 0.4) is 0 Å². The zero-order chi connectivity index (χ0) is 7.23. The van der Waals surface area contributed by atoms with Gasteiger partial charge in [-0.25, -0.2) is 0 Å². The lowest BCUT2D eigenvalue weighted by Gasteiger charge is -1.95. The Morgan fingerprint density at radius 3 is 2.50 bits per heavy atom. The topological polar surface area (TPSA) is 0 Å². The van der Waals surface area contributed by atoms with Gasteiger partial charge in [0.15, 0.2) is 0 Å². The van der Waals surface area contributed by atoms with Crippen LogP contribution in [0.2, 0.25) is 6.04 Å². The second-order valence-corrected chi connectivity index (χ2v) is 4.08. The summed E-state index contributed by atoms with van der Waals surface area (Å²) in [5.74, 6) is 0. The van der Waals surface area contributed by atoms with Crippen LogP contribution in [-0.2, 0) is 6.42 Å². The first-order chi connectivity index (χ1) is 4.93. The fraction of sp³-hybridized carbons (Fsp3) is 0.250. The van der Waals surface area contributed by atoms with Crippen molar-refractivity contribution >= 4 is 18.8 Å². The van der Waals surface area contributed by atoms with Gasteiger partial charge in [0.05, 0.1) is 0 Å². The van der Waals surface area contributed by atoms with Crippen molar-refractivity contribution in [3.05, 3.63) is 35.9 Å². The molecule has 0 heterocycles. The summed E-state index contributed by atoms with van der Waals surface area (Å²) < 4.78 is 0. The quantitative estimate of drug-likeness (QED) is 0.588. The zero-order valence-electron chi connectivity index (χ0n) is 5.80. The third-order valence-electron chi connectivity index (χ3n) is 1.38. The Balaban J connectivity index is 2.43. The van der Waals surface area contributed by atoms with Crippen molar-refractivity contribution in [2.75, 3.05) is 0 Å². The molecule has 0 aromatic heterocycles. The van der Waals surface area contributed by atoms with Crippen LogP contribution in [0.5, 0.6) is 0 Å². The number of aryl methyl sites for hydroxylation is 1. The summed E-state index contributed by atoms with van der Waals surface area (Å²) in [7, 11) is 4.37. The summed E-state index contributed by atoms with van der Waals surface area (Å²) in [6.45, 7) is 0. The van der Waals surface area contributed by atoms with Crippen LogP contribution < -0.4 is 0 Å². The standard InChI is InChI=1S/C8H9Si2/c9-10-7-6-8-4-2-1-3-5-8/h1-5H,6-7H2. The molecule has 5 radical (unpaired) electrons. The maximum absolute atomic E-state index is 3.48. The smallest absolute Gasteiger partial charge is 0.0183 e. The lowest BCUT2D eigenvalue weighted by Crippen LogP contribution is -1.91. The van der Waals surface area contributed by atoms with Gasteiger partial charge in [0.25, 0.3) is 0 Å². The van der Waals surface area contributed by atoms with Crippen LogP contribution in [-0.4, -0.2) is 18.8 Å². The predicted molar refractivity (Wildman–Crippen MR) is 46.5 cm³/mol. The van der Waals surface area contributed by atoms with E-state index < -0.39 is 0 Å². The Labute approximate surface area is 67.7 Å². The molecule has 0 bridgehead atoms. The molecule has 0 atom stereocenters. The Morgan fingerprint density at radius 1 is 1.20 bits per heavy atom. The Bertz CT molecular complexity index is 172. The molecule has 1 aromatic carbocycles. The summed E-state index contributed by atoms with van der Waals surface area (Å²) in [4.78, 5) is 0. The van der Waals surface area contributed by atoms with Crippen LogP contribution >= 0.6 is 0 Å². The normalized spacial score (nSPS) is 9.70. The van der Waals surface area contributed by atoms with Crippen LogP contribution in [0.4, 0.5) is 0 Å². The predicted octanol–water partition coefficient (Wildman–Crippen LogP) is 1.44. The molecule has 1 aromatic rings. The SMILES string of the molecule is [Si][Si]CCc1ccccc1. The molecule has 2 heteroatoms. The van der Waals surface area contributed by atoms with E-state index in [9.17, 15) is 0 Å². The molecule has 0 unspecified atom stereocenters. The van der Waals surface area contributed by atoms with Crippen LogP contribution in [0, 0.1) is 0 Å². The maximum atomic E-state index is 3.48. The van der Waals surface area contributed by atoms with Gasteiger partial charge in [-0.2, -0.15) is 0 Å². The van der Waals surface area contributed by atoms with Crippen LogP contribution in [0.1, 0.15) is 5.56 Å². The fourth-order valence-corrected chi connectivity index (χ4v) is 1.64. The molecule has 0 aliphatic carbocycles. The van der Waals surface area contributed by atoms with Crippen molar-refractivity contribution in [2.24, 2.45) is 0 Å². The highest BCUT2D eigenvalue weighted by molar-refractivity contribution is 6.89. The van der Waals surface area contributed by atoms with Crippen molar-refractivity contribution in [2.45, 2.75) is 12.5 Å². The highest BCUT2D eigenvalue weighted by Gasteiger charge is 1.87. The highest BCUT2D eigenvalue weighted by atomic mass is 29.1. The van der Waals surface area contributed by atoms with Gasteiger partial charge in [0, 0.05) is 18.8 Å². The Morgan fingerprint density at radius 2 is 1.90 bits per heavy atom. The molecule has 0 nitrogen and oxygen atoms in total. The molecule has 0 fully saturated rings. The van der Waals surface area contributed by atoms with Crippen LogP contribution in [0.15, 0.2) is 30.3 Å². The van der Waals surface area contributed by atoms with Gasteiger partial charge in [0.1, 0.15) is 0 Å². The minimum absolute atomic E-state index is 0.889. The molecule has 0 aliphatic rings. The van der Waals surface area contributed by atoms with E-state index in [1.807, 2.05) is 0 Å². The second-order valence-electron chi connectivity index (χ2n) is 2.16. The molecular formula is C8H9Si2. The summed E-state index contributed by atoms with van der Waals surface area (Å²) in [6, 6.07) is 11.8. The molecule has 0 saturated heterocycles. The molecule has 0 saturated carbocycles. The van der Waals surface area contributed by atoms with Gasteiger partial charge in [-0.05, 0) is 12.0 Å². The van der Waals surface area contributed by atoms with Gasteiger partial charge in [-0.15, -0.1) is 0 Å². The van der Waals surface area contributed by atoms with Gasteiger partial charge >= 0.3 is 0 Å². The van der Waals surface area contributed by atoms with Crippen molar-refractivity contribution < 1.29 is 0 Å². The number of hydrogen-bond donors (Lipinski definition) is 0.